The summed E-state index contributed by atoms with van der Waals surface area (Å²) in [6.45, 7) is 3.16. The summed E-state index contributed by atoms with van der Waals surface area (Å²) >= 11 is 0. The molecule has 2 heteroatoms. The van der Waals surface area contributed by atoms with Crippen LogP contribution in [0.25, 0.3) is 0 Å². The lowest BCUT2D eigenvalue weighted by atomic mass is 9.93. The molecule has 0 saturated heterocycles. The van der Waals surface area contributed by atoms with Crippen LogP contribution in [0.1, 0.15) is 32.6 Å². The van der Waals surface area contributed by atoms with Crippen molar-refractivity contribution in [3.63, 3.8) is 0 Å². The topological polar surface area (TPSA) is 38.0 Å². The van der Waals surface area contributed by atoms with Crippen molar-refractivity contribution >= 4 is 0 Å². The Bertz CT molecular complexity index is 87.3. The molecule has 0 spiro atoms. The van der Waals surface area contributed by atoms with Crippen LogP contribution in [0.5, 0.6) is 0 Å². The maximum atomic E-state index is 5.60. The van der Waals surface area contributed by atoms with Crippen LogP contribution in [0.15, 0.2) is 0 Å². The van der Waals surface area contributed by atoms with Crippen LogP contribution in [-0.4, -0.2) is 18.6 Å². The van der Waals surface area contributed by atoms with Crippen LogP contribution in [0.3, 0.4) is 0 Å². The average molecular weight is 142 g/mol. The van der Waals surface area contributed by atoms with Crippen molar-refractivity contribution in [1.82, 2.24) is 5.32 Å². The van der Waals surface area contributed by atoms with Crippen molar-refractivity contribution < 1.29 is 0 Å². The minimum Gasteiger partial charge on any atom is -0.328 e. The number of rotatable bonds is 4. The monoisotopic (exact) mass is 142 g/mol. The molecule has 0 amide bonds. The van der Waals surface area contributed by atoms with Gasteiger partial charge in [-0.15, -0.1) is 0 Å². The molecule has 3 N–H and O–H groups in total. The zero-order chi connectivity index (χ0) is 7.40. The molecule has 0 bridgehead atoms. The van der Waals surface area contributed by atoms with Gasteiger partial charge in [-0.1, -0.05) is 6.42 Å². The van der Waals surface area contributed by atoms with Gasteiger partial charge < -0.3 is 11.1 Å². The Morgan fingerprint density at radius 2 is 2.30 bits per heavy atom. The second kappa shape index (κ2) is 3.94. The third-order valence-electron chi connectivity index (χ3n) is 2.14. The molecule has 1 saturated carbocycles. The van der Waals surface area contributed by atoms with Crippen molar-refractivity contribution in [3.8, 4) is 0 Å². The first-order valence-electron chi connectivity index (χ1n) is 4.28. The fourth-order valence-corrected chi connectivity index (χ4v) is 1.13. The Kier molecular flexibility index (Phi) is 3.16. The van der Waals surface area contributed by atoms with Gasteiger partial charge in [-0.2, -0.15) is 0 Å². The van der Waals surface area contributed by atoms with Crippen molar-refractivity contribution in [2.45, 2.75) is 44.7 Å². The largest absolute Gasteiger partial charge is 0.328 e. The van der Waals surface area contributed by atoms with Crippen molar-refractivity contribution in [1.29, 1.82) is 0 Å². The predicted molar refractivity (Wildman–Crippen MR) is 43.9 cm³/mol. The van der Waals surface area contributed by atoms with E-state index in [1.807, 2.05) is 0 Å². The molecule has 0 radical (unpaired) electrons. The first-order valence-corrected chi connectivity index (χ1v) is 4.28. The number of hydrogen-bond acceptors (Lipinski definition) is 2. The molecule has 0 aliphatic heterocycles. The lowest BCUT2D eigenvalue weighted by Crippen LogP contribution is -2.37. The maximum Gasteiger partial charge on any atom is 0.00670 e. The first kappa shape index (κ1) is 8.02. The van der Waals surface area contributed by atoms with E-state index in [0.29, 0.717) is 6.04 Å². The van der Waals surface area contributed by atoms with E-state index in [0.717, 1.165) is 19.0 Å². The van der Waals surface area contributed by atoms with Crippen LogP contribution in [0, 0.1) is 0 Å². The standard InChI is InChI=1S/C8H18N2/c1-7(9)5-6-10-8-3-2-4-8/h7-8,10H,2-6,9H2,1H3. The van der Waals surface area contributed by atoms with Crippen molar-refractivity contribution in [2.75, 3.05) is 6.54 Å². The van der Waals surface area contributed by atoms with Crippen LogP contribution >= 0.6 is 0 Å². The van der Waals surface area contributed by atoms with E-state index in [4.69, 9.17) is 5.73 Å². The highest BCUT2D eigenvalue weighted by Crippen LogP contribution is 2.17. The van der Waals surface area contributed by atoms with Gasteiger partial charge in [0.1, 0.15) is 0 Å². The van der Waals surface area contributed by atoms with Gasteiger partial charge in [-0.05, 0) is 32.7 Å². The summed E-state index contributed by atoms with van der Waals surface area (Å²) in [4.78, 5) is 0. The van der Waals surface area contributed by atoms with E-state index >= 15 is 0 Å². The third-order valence-corrected chi connectivity index (χ3v) is 2.14. The summed E-state index contributed by atoms with van der Waals surface area (Å²) in [5.41, 5.74) is 5.60. The minimum atomic E-state index is 0.354. The first-order chi connectivity index (χ1) is 4.79. The second-order valence-electron chi connectivity index (χ2n) is 3.35. The van der Waals surface area contributed by atoms with E-state index in [9.17, 15) is 0 Å². The smallest absolute Gasteiger partial charge is 0.00670 e. The summed E-state index contributed by atoms with van der Waals surface area (Å²) in [7, 11) is 0. The fraction of sp³-hybridized carbons (Fsp3) is 1.00. The molecular formula is C8H18N2. The molecule has 0 aromatic carbocycles. The number of nitrogens with one attached hydrogen (secondary N) is 1. The van der Waals surface area contributed by atoms with E-state index in [-0.39, 0.29) is 0 Å². The molecule has 0 heterocycles. The van der Waals surface area contributed by atoms with E-state index in [2.05, 4.69) is 12.2 Å². The minimum absolute atomic E-state index is 0.354. The molecule has 1 unspecified atom stereocenters. The zero-order valence-electron chi connectivity index (χ0n) is 6.77. The molecular weight excluding hydrogens is 124 g/mol. The average Bonchev–Trinajstić information content (AvgIpc) is 1.75. The third kappa shape index (κ3) is 2.67. The van der Waals surface area contributed by atoms with Gasteiger partial charge in [0, 0.05) is 12.1 Å². The summed E-state index contributed by atoms with van der Waals surface area (Å²) in [6.07, 6.45) is 5.27. The highest BCUT2D eigenvalue weighted by atomic mass is 14.9. The molecule has 1 rings (SSSR count). The molecule has 60 valence electrons. The Labute approximate surface area is 63.2 Å². The fourth-order valence-electron chi connectivity index (χ4n) is 1.13. The number of hydrogen-bond donors (Lipinski definition) is 2. The molecule has 1 aliphatic rings. The highest BCUT2D eigenvalue weighted by molar-refractivity contribution is 4.76. The molecule has 0 aromatic heterocycles. The molecule has 1 aliphatic carbocycles. The lowest BCUT2D eigenvalue weighted by molar-refractivity contribution is 0.336. The Hall–Kier alpha value is -0.0800. The lowest BCUT2D eigenvalue weighted by Gasteiger charge is -2.26. The molecule has 2 nitrogen and oxygen atoms in total. The Morgan fingerprint density at radius 3 is 2.70 bits per heavy atom. The summed E-state index contributed by atoms with van der Waals surface area (Å²) < 4.78 is 0. The maximum absolute atomic E-state index is 5.60. The van der Waals surface area contributed by atoms with Crippen LogP contribution in [0.4, 0.5) is 0 Å². The molecule has 0 aromatic rings. The van der Waals surface area contributed by atoms with Gasteiger partial charge in [0.25, 0.3) is 0 Å². The highest BCUT2D eigenvalue weighted by Gasteiger charge is 2.15. The molecule has 10 heavy (non-hydrogen) atoms. The van der Waals surface area contributed by atoms with Crippen LogP contribution < -0.4 is 11.1 Å². The SMILES string of the molecule is CC(N)CCNC1CCC1. The van der Waals surface area contributed by atoms with Gasteiger partial charge in [0.05, 0.1) is 0 Å². The van der Waals surface area contributed by atoms with Gasteiger partial charge in [0.2, 0.25) is 0 Å². The Balaban J connectivity index is 1.85. The zero-order valence-corrected chi connectivity index (χ0v) is 6.77. The molecule has 1 atom stereocenters. The van der Waals surface area contributed by atoms with Gasteiger partial charge >= 0.3 is 0 Å². The van der Waals surface area contributed by atoms with E-state index < -0.39 is 0 Å². The van der Waals surface area contributed by atoms with E-state index in [1.165, 1.54) is 19.3 Å². The quantitative estimate of drug-likeness (QED) is 0.611. The van der Waals surface area contributed by atoms with E-state index in [1.54, 1.807) is 0 Å². The van der Waals surface area contributed by atoms with Crippen LogP contribution in [0.2, 0.25) is 0 Å². The second-order valence-corrected chi connectivity index (χ2v) is 3.35. The van der Waals surface area contributed by atoms with Gasteiger partial charge in [-0.25, -0.2) is 0 Å². The Morgan fingerprint density at radius 1 is 1.60 bits per heavy atom. The molecule has 1 fully saturated rings. The summed E-state index contributed by atoms with van der Waals surface area (Å²) in [5, 5.41) is 3.47. The number of nitrogens with two attached hydrogens (primary N) is 1. The summed E-state index contributed by atoms with van der Waals surface area (Å²) in [6, 6.07) is 1.17. The van der Waals surface area contributed by atoms with Crippen LogP contribution in [-0.2, 0) is 0 Å². The van der Waals surface area contributed by atoms with Crippen molar-refractivity contribution in [2.24, 2.45) is 5.73 Å². The summed E-state index contributed by atoms with van der Waals surface area (Å²) in [5.74, 6) is 0. The predicted octanol–water partition coefficient (Wildman–Crippen LogP) is 0.866. The normalized spacial score (nSPS) is 22.2. The van der Waals surface area contributed by atoms with Crippen molar-refractivity contribution in [3.05, 3.63) is 0 Å². The van der Waals surface area contributed by atoms with Gasteiger partial charge in [-0.3, -0.25) is 0 Å². The van der Waals surface area contributed by atoms with Gasteiger partial charge in [0.15, 0.2) is 0 Å².